The number of hydrogen-bond donors (Lipinski definition) is 3. The van der Waals surface area contributed by atoms with Crippen molar-refractivity contribution in [3.05, 3.63) is 24.0 Å². The number of aromatic nitrogens is 1. The Morgan fingerprint density at radius 3 is 3.00 bits per heavy atom. The van der Waals surface area contributed by atoms with Gasteiger partial charge in [0.05, 0.1) is 6.10 Å². The summed E-state index contributed by atoms with van der Waals surface area (Å²) in [5.41, 5.74) is 0.588. The highest BCUT2D eigenvalue weighted by Gasteiger charge is 2.27. The van der Waals surface area contributed by atoms with Gasteiger partial charge in [0.15, 0.2) is 0 Å². The molecule has 3 N–H and O–H groups in total. The van der Waals surface area contributed by atoms with Crippen LogP contribution in [0.3, 0.4) is 0 Å². The molecule has 0 atom stereocenters. The van der Waals surface area contributed by atoms with Crippen LogP contribution in [0.25, 0.3) is 0 Å². The molecular formula is C10H14N2O2. The summed E-state index contributed by atoms with van der Waals surface area (Å²) in [7, 11) is 0. The van der Waals surface area contributed by atoms with Gasteiger partial charge in [-0.05, 0) is 30.9 Å². The SMILES string of the molecule is O=C(NCC1CC(O)C1)c1ccc[nH]1. The van der Waals surface area contributed by atoms with Crippen LogP contribution in [0.5, 0.6) is 0 Å². The van der Waals surface area contributed by atoms with Gasteiger partial charge in [-0.15, -0.1) is 0 Å². The van der Waals surface area contributed by atoms with Crippen molar-refractivity contribution in [3.63, 3.8) is 0 Å². The van der Waals surface area contributed by atoms with Crippen LogP contribution in [-0.4, -0.2) is 28.6 Å². The predicted molar refractivity (Wildman–Crippen MR) is 51.9 cm³/mol. The molecule has 2 rings (SSSR count). The van der Waals surface area contributed by atoms with Crippen molar-refractivity contribution in [3.8, 4) is 0 Å². The van der Waals surface area contributed by atoms with Crippen LogP contribution in [-0.2, 0) is 0 Å². The number of rotatable bonds is 3. The fourth-order valence-corrected chi connectivity index (χ4v) is 1.67. The Morgan fingerprint density at radius 1 is 1.64 bits per heavy atom. The van der Waals surface area contributed by atoms with Crippen molar-refractivity contribution in [2.75, 3.05) is 6.54 Å². The third-order valence-corrected chi connectivity index (χ3v) is 2.60. The molecule has 1 fully saturated rings. The van der Waals surface area contributed by atoms with Crippen molar-refractivity contribution < 1.29 is 9.90 Å². The van der Waals surface area contributed by atoms with Gasteiger partial charge in [-0.3, -0.25) is 4.79 Å². The Morgan fingerprint density at radius 2 is 2.43 bits per heavy atom. The Bertz CT molecular complexity index is 302. The van der Waals surface area contributed by atoms with E-state index in [0.29, 0.717) is 18.2 Å². The van der Waals surface area contributed by atoms with Crippen LogP contribution < -0.4 is 5.32 Å². The van der Waals surface area contributed by atoms with Gasteiger partial charge in [-0.1, -0.05) is 0 Å². The third kappa shape index (κ3) is 1.96. The Labute approximate surface area is 82.3 Å². The highest BCUT2D eigenvalue weighted by atomic mass is 16.3. The Hall–Kier alpha value is -1.29. The van der Waals surface area contributed by atoms with Gasteiger partial charge in [0.2, 0.25) is 0 Å². The standard InChI is InChI=1S/C10H14N2O2/c13-8-4-7(5-8)6-12-10(14)9-2-1-3-11-9/h1-3,7-8,11,13H,4-6H2,(H,12,14). The third-order valence-electron chi connectivity index (χ3n) is 2.60. The van der Waals surface area contributed by atoms with Crippen molar-refractivity contribution in [2.24, 2.45) is 5.92 Å². The van der Waals surface area contributed by atoms with E-state index in [4.69, 9.17) is 5.11 Å². The van der Waals surface area contributed by atoms with Crippen molar-refractivity contribution in [2.45, 2.75) is 18.9 Å². The largest absolute Gasteiger partial charge is 0.393 e. The van der Waals surface area contributed by atoms with Gasteiger partial charge < -0.3 is 15.4 Å². The molecule has 4 nitrogen and oxygen atoms in total. The first kappa shape index (κ1) is 9.27. The average Bonchev–Trinajstić information content (AvgIpc) is 2.62. The first-order valence-corrected chi connectivity index (χ1v) is 4.85. The minimum Gasteiger partial charge on any atom is -0.393 e. The highest BCUT2D eigenvalue weighted by molar-refractivity contribution is 5.92. The van der Waals surface area contributed by atoms with Crippen LogP contribution in [0, 0.1) is 5.92 Å². The predicted octanol–water partition coefficient (Wildman–Crippen LogP) is 0.515. The zero-order chi connectivity index (χ0) is 9.97. The van der Waals surface area contributed by atoms with Crippen molar-refractivity contribution >= 4 is 5.91 Å². The zero-order valence-electron chi connectivity index (χ0n) is 7.86. The van der Waals surface area contributed by atoms with E-state index in [9.17, 15) is 4.79 Å². The maximum absolute atomic E-state index is 11.4. The van der Waals surface area contributed by atoms with Gasteiger partial charge >= 0.3 is 0 Å². The second-order valence-electron chi connectivity index (χ2n) is 3.79. The molecule has 0 radical (unpaired) electrons. The molecule has 1 saturated carbocycles. The van der Waals surface area contributed by atoms with E-state index in [-0.39, 0.29) is 12.0 Å². The summed E-state index contributed by atoms with van der Waals surface area (Å²) in [5, 5.41) is 11.9. The molecule has 0 unspecified atom stereocenters. The molecule has 1 aromatic rings. The van der Waals surface area contributed by atoms with E-state index < -0.39 is 0 Å². The van der Waals surface area contributed by atoms with Gasteiger partial charge in [-0.2, -0.15) is 0 Å². The number of aliphatic hydroxyl groups excluding tert-OH is 1. The van der Waals surface area contributed by atoms with Crippen molar-refractivity contribution in [1.29, 1.82) is 0 Å². The molecule has 0 aliphatic heterocycles. The maximum Gasteiger partial charge on any atom is 0.267 e. The quantitative estimate of drug-likeness (QED) is 0.656. The molecule has 0 saturated heterocycles. The zero-order valence-corrected chi connectivity index (χ0v) is 7.86. The van der Waals surface area contributed by atoms with E-state index in [1.165, 1.54) is 0 Å². The van der Waals surface area contributed by atoms with Crippen LogP contribution >= 0.6 is 0 Å². The first-order valence-electron chi connectivity index (χ1n) is 4.85. The molecule has 1 heterocycles. The molecule has 4 heteroatoms. The monoisotopic (exact) mass is 194 g/mol. The lowest BCUT2D eigenvalue weighted by Gasteiger charge is -2.31. The van der Waals surface area contributed by atoms with Gasteiger partial charge in [0.25, 0.3) is 5.91 Å². The molecule has 0 aromatic carbocycles. The lowest BCUT2D eigenvalue weighted by atomic mass is 9.82. The van der Waals surface area contributed by atoms with E-state index in [1.807, 2.05) is 0 Å². The number of nitrogens with one attached hydrogen (secondary N) is 2. The number of hydrogen-bond acceptors (Lipinski definition) is 2. The van der Waals surface area contributed by atoms with E-state index in [0.717, 1.165) is 12.8 Å². The summed E-state index contributed by atoms with van der Waals surface area (Å²) in [6, 6.07) is 3.53. The number of aromatic amines is 1. The topological polar surface area (TPSA) is 65.1 Å². The number of amides is 1. The number of carbonyl (C=O) groups excluding carboxylic acids is 1. The fourth-order valence-electron chi connectivity index (χ4n) is 1.67. The molecule has 1 aliphatic rings. The Balaban J connectivity index is 1.74. The van der Waals surface area contributed by atoms with Crippen molar-refractivity contribution in [1.82, 2.24) is 10.3 Å². The minimum atomic E-state index is -0.151. The van der Waals surface area contributed by atoms with Crippen LogP contribution in [0.4, 0.5) is 0 Å². The number of H-pyrrole nitrogens is 1. The van der Waals surface area contributed by atoms with Crippen LogP contribution in [0.2, 0.25) is 0 Å². The summed E-state index contributed by atoms with van der Waals surface area (Å²) in [4.78, 5) is 14.3. The summed E-state index contributed by atoms with van der Waals surface area (Å²) >= 11 is 0. The van der Waals surface area contributed by atoms with Crippen LogP contribution in [0.15, 0.2) is 18.3 Å². The van der Waals surface area contributed by atoms with Gasteiger partial charge in [-0.25, -0.2) is 0 Å². The maximum atomic E-state index is 11.4. The van der Waals surface area contributed by atoms with Gasteiger partial charge in [0, 0.05) is 12.7 Å². The summed E-state index contributed by atoms with van der Waals surface area (Å²) < 4.78 is 0. The number of carbonyl (C=O) groups is 1. The molecule has 0 bridgehead atoms. The number of aliphatic hydroxyl groups is 1. The first-order chi connectivity index (χ1) is 6.75. The fraction of sp³-hybridized carbons (Fsp3) is 0.500. The average molecular weight is 194 g/mol. The van der Waals surface area contributed by atoms with E-state index >= 15 is 0 Å². The molecule has 1 amide bonds. The van der Waals surface area contributed by atoms with Gasteiger partial charge in [0.1, 0.15) is 5.69 Å². The molecule has 76 valence electrons. The normalized spacial score (nSPS) is 25.5. The Kier molecular flexibility index (Phi) is 2.54. The lowest BCUT2D eigenvalue weighted by Crippen LogP contribution is -2.38. The van der Waals surface area contributed by atoms with Crippen LogP contribution in [0.1, 0.15) is 23.3 Å². The van der Waals surface area contributed by atoms with E-state index in [2.05, 4.69) is 10.3 Å². The second-order valence-corrected chi connectivity index (χ2v) is 3.79. The molecule has 14 heavy (non-hydrogen) atoms. The molecule has 1 aliphatic carbocycles. The highest BCUT2D eigenvalue weighted by Crippen LogP contribution is 2.26. The molecule has 0 spiro atoms. The smallest absolute Gasteiger partial charge is 0.267 e. The summed E-state index contributed by atoms with van der Waals surface area (Å²) in [6.07, 6.45) is 3.19. The minimum absolute atomic E-state index is 0.0728. The summed E-state index contributed by atoms with van der Waals surface area (Å²) in [5.74, 6) is 0.375. The lowest BCUT2D eigenvalue weighted by molar-refractivity contribution is 0.0420. The van der Waals surface area contributed by atoms with E-state index in [1.54, 1.807) is 18.3 Å². The molecular weight excluding hydrogens is 180 g/mol. The summed E-state index contributed by atoms with van der Waals surface area (Å²) in [6.45, 7) is 0.662. The second kappa shape index (κ2) is 3.84. The molecule has 1 aromatic heterocycles.